The number of nitrogens with two attached hydrogens (primary N) is 1. The number of halogens is 8. The average Bonchev–Trinajstić information content (AvgIpc) is 2.81. The van der Waals surface area contributed by atoms with E-state index in [2.05, 4.69) is 15.1 Å². The molecule has 5 nitrogen and oxygen atoms in total. The number of anilines is 1. The summed E-state index contributed by atoms with van der Waals surface area (Å²) in [4.78, 5) is 5.68. The number of rotatable bonds is 1. The smallest absolute Gasteiger partial charge is 0.383 e. The van der Waals surface area contributed by atoms with Crippen LogP contribution in [0.3, 0.4) is 0 Å². The van der Waals surface area contributed by atoms with E-state index in [1.165, 1.54) is 6.08 Å². The summed E-state index contributed by atoms with van der Waals surface area (Å²) < 4.78 is 79.0. The first-order valence-electron chi connectivity index (χ1n) is 6.87. The second-order valence-corrected chi connectivity index (χ2v) is 6.09. The van der Waals surface area contributed by atoms with Crippen molar-refractivity contribution in [1.29, 1.82) is 0 Å². The van der Waals surface area contributed by atoms with Gasteiger partial charge in [-0.3, -0.25) is 0 Å². The van der Waals surface area contributed by atoms with Crippen LogP contribution in [0.2, 0.25) is 0 Å². The lowest BCUT2D eigenvalue weighted by molar-refractivity contribution is -0.151. The average molecular weight is 418 g/mol. The summed E-state index contributed by atoms with van der Waals surface area (Å²) in [5.41, 5.74) is 2.98. The maximum Gasteiger partial charge on any atom is 0.451 e. The molecule has 0 amide bonds. The summed E-state index contributed by atoms with van der Waals surface area (Å²) in [6, 6.07) is 0. The van der Waals surface area contributed by atoms with Crippen LogP contribution in [0, 0.1) is 0 Å². The SMILES string of the molecule is Nc1c2c(C(F)(F)F)nc(C(F)(F)F)nc2nn1C1=C(Cl)CCC=C1Cl. The largest absolute Gasteiger partial charge is 0.451 e. The Morgan fingerprint density at radius 3 is 2.23 bits per heavy atom. The molecule has 2 aromatic heterocycles. The summed E-state index contributed by atoms with van der Waals surface area (Å²) in [5, 5.41) is 3.00. The van der Waals surface area contributed by atoms with Gasteiger partial charge in [0.1, 0.15) is 5.82 Å². The van der Waals surface area contributed by atoms with Gasteiger partial charge in [-0.25, -0.2) is 14.6 Å². The van der Waals surface area contributed by atoms with E-state index >= 15 is 0 Å². The third-order valence-corrected chi connectivity index (χ3v) is 4.17. The quantitative estimate of drug-likeness (QED) is 0.678. The van der Waals surface area contributed by atoms with Gasteiger partial charge < -0.3 is 5.73 Å². The highest BCUT2D eigenvalue weighted by atomic mass is 35.5. The Bertz CT molecular complexity index is 957. The minimum absolute atomic E-state index is 0.0169. The van der Waals surface area contributed by atoms with Crippen LogP contribution in [0.4, 0.5) is 32.2 Å². The highest BCUT2D eigenvalue weighted by molar-refractivity contribution is 6.41. The molecule has 2 heterocycles. The first kappa shape index (κ1) is 18.8. The summed E-state index contributed by atoms with van der Waals surface area (Å²) in [6.45, 7) is 0. The minimum atomic E-state index is -5.21. The molecule has 3 rings (SSSR count). The first-order chi connectivity index (χ1) is 11.9. The van der Waals surface area contributed by atoms with Gasteiger partial charge in [0, 0.05) is 5.03 Å². The number of aromatic nitrogens is 4. The molecular weight excluding hydrogens is 411 g/mol. The predicted molar refractivity (Wildman–Crippen MR) is 82.0 cm³/mol. The molecule has 26 heavy (non-hydrogen) atoms. The second-order valence-electron chi connectivity index (χ2n) is 5.23. The fourth-order valence-electron chi connectivity index (χ4n) is 2.40. The van der Waals surface area contributed by atoms with Gasteiger partial charge >= 0.3 is 12.4 Å². The van der Waals surface area contributed by atoms with Crippen LogP contribution < -0.4 is 5.73 Å². The number of nitrogen functional groups attached to an aromatic ring is 1. The van der Waals surface area contributed by atoms with Crippen molar-refractivity contribution >= 4 is 45.8 Å². The lowest BCUT2D eigenvalue weighted by Crippen LogP contribution is -2.17. The molecule has 13 heteroatoms. The zero-order valence-electron chi connectivity index (χ0n) is 12.4. The lowest BCUT2D eigenvalue weighted by Gasteiger charge is -2.15. The summed E-state index contributed by atoms with van der Waals surface area (Å²) in [6.07, 6.45) is -8.09. The molecule has 1 aliphatic rings. The first-order valence-corrected chi connectivity index (χ1v) is 7.62. The predicted octanol–water partition coefficient (Wildman–Crippen LogP) is 4.77. The van der Waals surface area contributed by atoms with Crippen LogP contribution in [-0.4, -0.2) is 19.7 Å². The molecule has 1 aliphatic carbocycles. The van der Waals surface area contributed by atoms with E-state index in [9.17, 15) is 26.3 Å². The van der Waals surface area contributed by atoms with E-state index in [4.69, 9.17) is 28.9 Å². The molecule has 0 spiro atoms. The van der Waals surface area contributed by atoms with E-state index in [-0.39, 0.29) is 15.8 Å². The number of hydrogen-bond donors (Lipinski definition) is 1. The Kier molecular flexibility index (Phi) is 4.34. The van der Waals surface area contributed by atoms with Gasteiger partial charge in [0.2, 0.25) is 5.82 Å². The van der Waals surface area contributed by atoms with Gasteiger partial charge in [-0.1, -0.05) is 29.3 Å². The summed E-state index contributed by atoms with van der Waals surface area (Å²) in [5.74, 6) is -2.60. The third kappa shape index (κ3) is 3.09. The molecular formula is C13H7Cl2F6N5. The van der Waals surface area contributed by atoms with E-state index in [1.54, 1.807) is 0 Å². The zero-order valence-corrected chi connectivity index (χ0v) is 13.9. The van der Waals surface area contributed by atoms with E-state index < -0.39 is 40.7 Å². The molecule has 0 fully saturated rings. The van der Waals surface area contributed by atoms with E-state index in [1.807, 2.05) is 0 Å². The van der Waals surface area contributed by atoms with Gasteiger partial charge in [-0.05, 0) is 12.8 Å². The molecule has 0 saturated carbocycles. The summed E-state index contributed by atoms with van der Waals surface area (Å²) in [7, 11) is 0. The number of hydrogen-bond acceptors (Lipinski definition) is 4. The van der Waals surface area contributed by atoms with Crippen molar-refractivity contribution in [2.24, 2.45) is 0 Å². The Labute approximate surface area is 151 Å². The Morgan fingerprint density at radius 2 is 1.69 bits per heavy atom. The summed E-state index contributed by atoms with van der Waals surface area (Å²) >= 11 is 12.1. The van der Waals surface area contributed by atoms with Gasteiger partial charge in [-0.15, -0.1) is 5.10 Å². The minimum Gasteiger partial charge on any atom is -0.383 e. The third-order valence-electron chi connectivity index (χ3n) is 3.47. The standard InChI is InChI=1S/C13H7Cl2F6N5/c14-4-2-1-3-5(15)7(4)26-9(22)6-8(12(16,17)18)23-11(13(19,20)21)24-10(6)25-26/h2H,1,3,22H2. The number of allylic oxidation sites excluding steroid dienone is 4. The van der Waals surface area contributed by atoms with Crippen LogP contribution in [-0.2, 0) is 12.4 Å². The van der Waals surface area contributed by atoms with Gasteiger partial charge in [0.05, 0.1) is 16.1 Å². The van der Waals surface area contributed by atoms with Crippen molar-refractivity contribution < 1.29 is 26.3 Å². The lowest BCUT2D eigenvalue weighted by atomic mass is 10.1. The Hall–Kier alpha value is -2.01. The molecule has 0 atom stereocenters. The Morgan fingerprint density at radius 1 is 1.04 bits per heavy atom. The highest BCUT2D eigenvalue weighted by Crippen LogP contribution is 2.41. The molecule has 140 valence electrons. The van der Waals surface area contributed by atoms with Crippen molar-refractivity contribution in [1.82, 2.24) is 19.7 Å². The number of fused-ring (bicyclic) bond motifs is 1. The van der Waals surface area contributed by atoms with Gasteiger partial charge in [0.25, 0.3) is 0 Å². The zero-order chi connectivity index (χ0) is 19.4. The molecule has 2 aromatic rings. The number of nitrogens with zero attached hydrogens (tertiary/aromatic N) is 4. The highest BCUT2D eigenvalue weighted by Gasteiger charge is 2.43. The van der Waals surface area contributed by atoms with Crippen LogP contribution in [0.25, 0.3) is 16.7 Å². The van der Waals surface area contributed by atoms with Gasteiger partial charge in [-0.2, -0.15) is 26.3 Å². The van der Waals surface area contributed by atoms with Crippen LogP contribution in [0.5, 0.6) is 0 Å². The fraction of sp³-hybridized carbons (Fsp3) is 0.308. The molecule has 0 radical (unpaired) electrons. The molecule has 0 aromatic carbocycles. The van der Waals surface area contributed by atoms with Crippen molar-refractivity contribution in [2.75, 3.05) is 5.73 Å². The maximum atomic E-state index is 13.2. The fourth-order valence-corrected chi connectivity index (χ4v) is 3.04. The van der Waals surface area contributed by atoms with E-state index in [0.29, 0.717) is 12.8 Å². The van der Waals surface area contributed by atoms with Crippen molar-refractivity contribution in [2.45, 2.75) is 25.2 Å². The molecule has 2 N–H and O–H groups in total. The maximum absolute atomic E-state index is 13.2. The van der Waals surface area contributed by atoms with Crippen LogP contribution in [0.1, 0.15) is 24.4 Å². The van der Waals surface area contributed by atoms with Crippen LogP contribution >= 0.6 is 23.2 Å². The Balaban J connectivity index is 2.37. The van der Waals surface area contributed by atoms with Crippen molar-refractivity contribution in [3.63, 3.8) is 0 Å². The number of alkyl halides is 6. The monoisotopic (exact) mass is 417 g/mol. The van der Waals surface area contributed by atoms with E-state index in [0.717, 1.165) is 4.68 Å². The van der Waals surface area contributed by atoms with Gasteiger partial charge in [0.15, 0.2) is 11.3 Å². The van der Waals surface area contributed by atoms with Crippen molar-refractivity contribution in [3.8, 4) is 0 Å². The second kappa shape index (κ2) is 6.02. The van der Waals surface area contributed by atoms with Crippen LogP contribution in [0.15, 0.2) is 16.1 Å². The van der Waals surface area contributed by atoms with Crippen molar-refractivity contribution in [3.05, 3.63) is 27.7 Å². The molecule has 0 aliphatic heterocycles. The molecule has 0 unspecified atom stereocenters. The molecule has 0 saturated heterocycles. The topological polar surface area (TPSA) is 69.6 Å². The normalized spacial score (nSPS) is 16.4. The molecule has 0 bridgehead atoms.